The minimum Gasteiger partial charge on any atom is -0.474 e. The fourth-order valence-corrected chi connectivity index (χ4v) is 5.89. The van der Waals surface area contributed by atoms with Crippen molar-refractivity contribution in [3.63, 3.8) is 0 Å². The van der Waals surface area contributed by atoms with Crippen molar-refractivity contribution in [2.45, 2.75) is 51.4 Å². The van der Waals surface area contributed by atoms with Gasteiger partial charge in [0.05, 0.1) is 25.8 Å². The molecule has 0 radical (unpaired) electrons. The second-order valence-electron chi connectivity index (χ2n) is 11.2. The van der Waals surface area contributed by atoms with Crippen LogP contribution in [0.25, 0.3) is 0 Å². The van der Waals surface area contributed by atoms with E-state index in [0.717, 1.165) is 17.7 Å². The number of benzene rings is 1. The van der Waals surface area contributed by atoms with E-state index in [0.29, 0.717) is 57.4 Å². The van der Waals surface area contributed by atoms with E-state index in [1.165, 1.54) is 17.0 Å². The molecule has 216 valence electrons. The summed E-state index contributed by atoms with van der Waals surface area (Å²) in [5, 5.41) is 9.80. The summed E-state index contributed by atoms with van der Waals surface area (Å²) in [6.07, 6.45) is 1.34. The van der Waals surface area contributed by atoms with E-state index in [1.807, 2.05) is 19.9 Å². The highest BCUT2D eigenvalue weighted by atomic mass is 19.1. The summed E-state index contributed by atoms with van der Waals surface area (Å²) in [6, 6.07) is 7.94. The highest BCUT2D eigenvalue weighted by molar-refractivity contribution is 5.97. The molecular formula is C29H38FN5O5. The largest absolute Gasteiger partial charge is 0.474 e. The van der Waals surface area contributed by atoms with Crippen LogP contribution in [0.15, 0.2) is 36.5 Å². The van der Waals surface area contributed by atoms with E-state index in [2.05, 4.69) is 21.7 Å². The fraction of sp³-hybridized carbons (Fsp3) is 0.552. The van der Waals surface area contributed by atoms with E-state index < -0.39 is 6.09 Å². The normalized spacial score (nSPS) is 25.8. The maximum atomic E-state index is 14.0. The molecule has 2 aromatic rings. The summed E-state index contributed by atoms with van der Waals surface area (Å²) in [5.74, 6) is 0.0528. The first-order chi connectivity index (χ1) is 19.2. The molecule has 2 saturated heterocycles. The molecule has 4 heterocycles. The molecule has 11 heteroatoms. The lowest BCUT2D eigenvalue weighted by molar-refractivity contribution is -0.122. The number of aromatic nitrogens is 1. The van der Waals surface area contributed by atoms with Crippen molar-refractivity contribution >= 4 is 17.7 Å². The predicted octanol–water partition coefficient (Wildman–Crippen LogP) is 2.70. The zero-order valence-electron chi connectivity index (χ0n) is 23.3. The number of carbonyl (C=O) groups excluding carboxylic acids is 1. The van der Waals surface area contributed by atoms with Crippen molar-refractivity contribution in [1.82, 2.24) is 19.7 Å². The van der Waals surface area contributed by atoms with Crippen LogP contribution in [0.4, 0.5) is 14.9 Å². The lowest BCUT2D eigenvalue weighted by atomic mass is 10.0. The SMILES string of the molecule is CC1COCCN1CC1CN(C(=O)O)C(C)CN1CC(=O)N1c2cc(Cc3ccc(F)cc3)cnc2OCC1C. The van der Waals surface area contributed by atoms with Gasteiger partial charge >= 0.3 is 6.09 Å². The molecule has 40 heavy (non-hydrogen) atoms. The first-order valence-electron chi connectivity index (χ1n) is 13.9. The van der Waals surface area contributed by atoms with Crippen LogP contribution in [0.2, 0.25) is 0 Å². The maximum Gasteiger partial charge on any atom is 0.407 e. The fourth-order valence-electron chi connectivity index (χ4n) is 5.89. The van der Waals surface area contributed by atoms with Crippen molar-refractivity contribution in [3.05, 3.63) is 53.5 Å². The second kappa shape index (κ2) is 12.1. The summed E-state index contributed by atoms with van der Waals surface area (Å²) >= 11 is 0. The topological polar surface area (TPSA) is 98.7 Å². The molecule has 1 N–H and O–H groups in total. The molecule has 0 bridgehead atoms. The Kier molecular flexibility index (Phi) is 8.53. The van der Waals surface area contributed by atoms with E-state index in [9.17, 15) is 19.1 Å². The van der Waals surface area contributed by atoms with Crippen molar-refractivity contribution < 1.29 is 28.6 Å². The Morgan fingerprint density at radius 2 is 1.80 bits per heavy atom. The number of carboxylic acid groups (broad SMARTS) is 1. The molecule has 3 aliphatic heterocycles. The van der Waals surface area contributed by atoms with Gasteiger partial charge in [-0.25, -0.2) is 14.2 Å². The molecule has 4 atom stereocenters. The molecule has 0 saturated carbocycles. The smallest absolute Gasteiger partial charge is 0.407 e. The third-order valence-corrected chi connectivity index (χ3v) is 8.13. The molecule has 1 aromatic heterocycles. The number of amides is 2. The van der Waals surface area contributed by atoms with Crippen molar-refractivity contribution in [2.75, 3.05) is 57.4 Å². The van der Waals surface area contributed by atoms with Gasteiger partial charge in [-0.1, -0.05) is 12.1 Å². The van der Waals surface area contributed by atoms with Crippen LogP contribution in [0.5, 0.6) is 5.88 Å². The highest BCUT2D eigenvalue weighted by Crippen LogP contribution is 2.34. The van der Waals surface area contributed by atoms with Crippen LogP contribution in [0.3, 0.4) is 0 Å². The molecule has 4 unspecified atom stereocenters. The number of hydrogen-bond donors (Lipinski definition) is 1. The Hall–Kier alpha value is -3.28. The molecule has 5 rings (SSSR count). The van der Waals surface area contributed by atoms with Gasteiger partial charge in [0.2, 0.25) is 11.8 Å². The highest BCUT2D eigenvalue weighted by Gasteiger charge is 2.39. The first-order valence-corrected chi connectivity index (χ1v) is 13.9. The molecule has 0 aliphatic carbocycles. The number of morpholine rings is 1. The molecule has 2 amide bonds. The number of carbonyl (C=O) groups is 2. The van der Waals surface area contributed by atoms with Gasteiger partial charge in [0.1, 0.15) is 18.1 Å². The molecule has 10 nitrogen and oxygen atoms in total. The summed E-state index contributed by atoms with van der Waals surface area (Å²) in [6.45, 7) is 9.97. The van der Waals surface area contributed by atoms with Gasteiger partial charge in [-0.3, -0.25) is 14.6 Å². The Morgan fingerprint density at radius 3 is 2.52 bits per heavy atom. The van der Waals surface area contributed by atoms with Gasteiger partial charge in [-0.05, 0) is 56.5 Å². The summed E-state index contributed by atoms with van der Waals surface area (Å²) in [7, 11) is 0. The van der Waals surface area contributed by atoms with Crippen LogP contribution in [-0.4, -0.2) is 114 Å². The standard InChI is InChI=1S/C29H38FN5O5/c1-19-13-33(25(15-34(19)29(37)38)14-32-8-9-39-17-20(32)2)16-27(36)35-21(3)18-40-28-26(35)11-23(12-31-28)10-22-4-6-24(30)7-5-22/h4-7,11-12,19-21,25H,8-10,13-18H2,1-3H3,(H,37,38). The second-order valence-corrected chi connectivity index (χ2v) is 11.2. The van der Waals surface area contributed by atoms with Crippen molar-refractivity contribution in [3.8, 4) is 5.88 Å². The average molecular weight is 556 g/mol. The van der Waals surface area contributed by atoms with Crippen molar-refractivity contribution in [1.29, 1.82) is 0 Å². The van der Waals surface area contributed by atoms with Gasteiger partial charge in [-0.15, -0.1) is 0 Å². The monoisotopic (exact) mass is 555 g/mol. The van der Waals surface area contributed by atoms with E-state index in [-0.39, 0.29) is 42.4 Å². The predicted molar refractivity (Wildman–Crippen MR) is 147 cm³/mol. The minimum absolute atomic E-state index is 0.0752. The number of pyridine rings is 1. The number of anilines is 1. The van der Waals surface area contributed by atoms with Crippen LogP contribution in [-0.2, 0) is 16.0 Å². The third-order valence-electron chi connectivity index (χ3n) is 8.13. The number of ether oxygens (including phenoxy) is 2. The van der Waals surface area contributed by atoms with Gasteiger partial charge in [0.25, 0.3) is 0 Å². The van der Waals surface area contributed by atoms with Crippen LogP contribution in [0.1, 0.15) is 31.9 Å². The molecule has 2 fully saturated rings. The van der Waals surface area contributed by atoms with Crippen LogP contribution < -0.4 is 9.64 Å². The maximum absolute atomic E-state index is 14.0. The Morgan fingerprint density at radius 1 is 1.02 bits per heavy atom. The quantitative estimate of drug-likeness (QED) is 0.581. The number of fused-ring (bicyclic) bond motifs is 1. The molecular weight excluding hydrogens is 517 g/mol. The number of rotatable bonds is 6. The van der Waals surface area contributed by atoms with Gasteiger partial charge in [-0.2, -0.15) is 0 Å². The summed E-state index contributed by atoms with van der Waals surface area (Å²) < 4.78 is 24.8. The van der Waals surface area contributed by atoms with E-state index in [4.69, 9.17) is 9.47 Å². The first kappa shape index (κ1) is 28.3. The molecule has 0 spiro atoms. The molecule has 3 aliphatic rings. The number of halogens is 1. The number of nitrogens with zero attached hydrogens (tertiary/aromatic N) is 5. The van der Waals surface area contributed by atoms with Gasteiger partial charge < -0.3 is 24.4 Å². The van der Waals surface area contributed by atoms with Gasteiger partial charge in [0.15, 0.2) is 0 Å². The lowest BCUT2D eigenvalue weighted by Gasteiger charge is -2.47. The number of piperazine rings is 1. The summed E-state index contributed by atoms with van der Waals surface area (Å²) in [4.78, 5) is 38.1. The van der Waals surface area contributed by atoms with E-state index in [1.54, 1.807) is 23.2 Å². The summed E-state index contributed by atoms with van der Waals surface area (Å²) in [5.41, 5.74) is 2.46. The van der Waals surface area contributed by atoms with Gasteiger partial charge in [0, 0.05) is 50.5 Å². The van der Waals surface area contributed by atoms with Crippen LogP contribution >= 0.6 is 0 Å². The van der Waals surface area contributed by atoms with Crippen molar-refractivity contribution in [2.24, 2.45) is 0 Å². The Labute approximate surface area is 234 Å². The zero-order valence-corrected chi connectivity index (χ0v) is 23.3. The zero-order chi connectivity index (χ0) is 28.4. The lowest BCUT2D eigenvalue weighted by Crippen LogP contribution is -2.64. The number of hydrogen-bond acceptors (Lipinski definition) is 7. The molecule has 1 aromatic carbocycles. The minimum atomic E-state index is -0.936. The third kappa shape index (κ3) is 6.21. The average Bonchev–Trinajstić information content (AvgIpc) is 2.92. The van der Waals surface area contributed by atoms with E-state index >= 15 is 0 Å². The van der Waals surface area contributed by atoms with Crippen LogP contribution in [0, 0.1) is 5.82 Å². The Bertz CT molecular complexity index is 1210. The Balaban J connectivity index is 1.36.